The molecule has 120 valence electrons. The van der Waals surface area contributed by atoms with Crippen LogP contribution in [-0.4, -0.2) is 24.8 Å². The molecule has 1 N–H and O–H groups in total. The average Bonchev–Trinajstić information content (AvgIpc) is 3.12. The molecule has 1 aliphatic rings. The Morgan fingerprint density at radius 1 is 1.12 bits per heavy atom. The fraction of sp³-hybridized carbons (Fsp3) is 0.316. The molecule has 3 aromatic heterocycles. The molecule has 24 heavy (non-hydrogen) atoms. The van der Waals surface area contributed by atoms with Gasteiger partial charge in [-0.15, -0.1) is 0 Å². The maximum atomic E-state index is 4.56. The van der Waals surface area contributed by atoms with Gasteiger partial charge in [-0.2, -0.15) is 10.2 Å². The number of hydrogen-bond acceptors (Lipinski definition) is 3. The van der Waals surface area contributed by atoms with Crippen LogP contribution in [0.15, 0.2) is 30.7 Å². The highest BCUT2D eigenvalue weighted by Gasteiger charge is 2.24. The third kappa shape index (κ3) is 1.90. The molecular weight excluding hydrogens is 298 g/mol. The van der Waals surface area contributed by atoms with Gasteiger partial charge in [0.1, 0.15) is 6.33 Å². The number of benzene rings is 1. The number of rotatable bonds is 2. The van der Waals surface area contributed by atoms with Gasteiger partial charge in [0.05, 0.1) is 5.52 Å². The molecule has 1 saturated carbocycles. The first-order valence-electron chi connectivity index (χ1n) is 8.49. The first-order valence-corrected chi connectivity index (χ1v) is 8.49. The van der Waals surface area contributed by atoms with E-state index in [1.165, 1.54) is 41.5 Å². The van der Waals surface area contributed by atoms with Gasteiger partial charge >= 0.3 is 0 Å². The zero-order valence-electron chi connectivity index (χ0n) is 13.9. The fourth-order valence-corrected chi connectivity index (χ4v) is 3.75. The highest BCUT2D eigenvalue weighted by Crippen LogP contribution is 2.39. The summed E-state index contributed by atoms with van der Waals surface area (Å²) in [6.45, 7) is 4.25. The molecule has 5 nitrogen and oxygen atoms in total. The topological polar surface area (TPSA) is 58.9 Å². The monoisotopic (exact) mass is 317 g/mol. The van der Waals surface area contributed by atoms with E-state index in [1.807, 2.05) is 10.7 Å². The van der Waals surface area contributed by atoms with Gasteiger partial charge in [-0.05, 0) is 61.6 Å². The number of aromatic nitrogens is 5. The Hall–Kier alpha value is -2.69. The molecule has 0 unspecified atom stereocenters. The van der Waals surface area contributed by atoms with Crippen LogP contribution in [0.25, 0.3) is 27.7 Å². The summed E-state index contributed by atoms with van der Waals surface area (Å²) >= 11 is 0. The lowest BCUT2D eigenvalue weighted by Gasteiger charge is -2.24. The van der Waals surface area contributed by atoms with Gasteiger partial charge in [-0.1, -0.05) is 6.42 Å². The zero-order chi connectivity index (χ0) is 16.3. The smallest absolute Gasteiger partial charge is 0.158 e. The molecule has 4 aromatic rings. The highest BCUT2D eigenvalue weighted by atomic mass is 15.3. The molecule has 0 saturated heterocycles. The Morgan fingerprint density at radius 2 is 2.00 bits per heavy atom. The van der Waals surface area contributed by atoms with Crippen LogP contribution in [0.4, 0.5) is 0 Å². The SMILES string of the molecule is Cc1cc2c(C3CCC3)[nH]nc2cc1-c1cc(C)c2ncnn2c1. The summed E-state index contributed by atoms with van der Waals surface area (Å²) in [5.74, 6) is 0.661. The van der Waals surface area contributed by atoms with Crippen molar-refractivity contribution in [2.24, 2.45) is 0 Å². The largest absolute Gasteiger partial charge is 0.281 e. The van der Waals surface area contributed by atoms with Crippen molar-refractivity contribution in [3.8, 4) is 11.1 Å². The van der Waals surface area contributed by atoms with Crippen LogP contribution in [0.3, 0.4) is 0 Å². The number of nitrogens with one attached hydrogen (secondary N) is 1. The highest BCUT2D eigenvalue weighted by molar-refractivity contribution is 5.88. The van der Waals surface area contributed by atoms with E-state index in [1.54, 1.807) is 6.33 Å². The second kappa shape index (κ2) is 4.90. The van der Waals surface area contributed by atoms with Crippen LogP contribution < -0.4 is 0 Å². The van der Waals surface area contributed by atoms with Crippen LogP contribution in [0.5, 0.6) is 0 Å². The van der Waals surface area contributed by atoms with Gasteiger partial charge in [0, 0.05) is 28.8 Å². The first kappa shape index (κ1) is 13.7. The number of aryl methyl sites for hydroxylation is 2. The second-order valence-electron chi connectivity index (χ2n) is 6.89. The van der Waals surface area contributed by atoms with E-state index >= 15 is 0 Å². The maximum absolute atomic E-state index is 4.56. The molecule has 1 aliphatic carbocycles. The van der Waals surface area contributed by atoms with Crippen molar-refractivity contribution >= 4 is 16.6 Å². The first-order chi connectivity index (χ1) is 11.7. The van der Waals surface area contributed by atoms with E-state index in [2.05, 4.69) is 52.3 Å². The van der Waals surface area contributed by atoms with Crippen molar-refractivity contribution in [3.63, 3.8) is 0 Å². The fourth-order valence-electron chi connectivity index (χ4n) is 3.75. The summed E-state index contributed by atoms with van der Waals surface area (Å²) in [4.78, 5) is 4.30. The van der Waals surface area contributed by atoms with Gasteiger partial charge in [-0.3, -0.25) is 5.10 Å². The van der Waals surface area contributed by atoms with Gasteiger partial charge < -0.3 is 0 Å². The minimum atomic E-state index is 0.661. The second-order valence-corrected chi connectivity index (χ2v) is 6.89. The third-order valence-electron chi connectivity index (χ3n) is 5.31. The molecule has 5 heteroatoms. The van der Waals surface area contributed by atoms with Crippen molar-refractivity contribution in [2.45, 2.75) is 39.0 Å². The van der Waals surface area contributed by atoms with Crippen molar-refractivity contribution in [3.05, 3.63) is 47.5 Å². The van der Waals surface area contributed by atoms with Crippen LogP contribution >= 0.6 is 0 Å². The lowest BCUT2D eigenvalue weighted by molar-refractivity contribution is 0.413. The molecule has 0 spiro atoms. The molecule has 1 aromatic carbocycles. The standard InChI is InChI=1S/C19H19N5/c1-11-7-16-17(22-23-18(16)13-4-3-5-13)8-15(11)14-6-12(2)19-20-10-21-24(19)9-14/h6-10,13H,3-5H2,1-2H3,(H,22,23). The molecular formula is C19H19N5. The quantitative estimate of drug-likeness (QED) is 0.604. The Morgan fingerprint density at radius 3 is 2.79 bits per heavy atom. The van der Waals surface area contributed by atoms with E-state index in [0.717, 1.165) is 22.3 Å². The van der Waals surface area contributed by atoms with Gasteiger partial charge in [0.15, 0.2) is 5.65 Å². The number of pyridine rings is 1. The minimum absolute atomic E-state index is 0.661. The molecule has 3 heterocycles. The summed E-state index contributed by atoms with van der Waals surface area (Å²) in [6.07, 6.45) is 7.53. The van der Waals surface area contributed by atoms with E-state index in [0.29, 0.717) is 5.92 Å². The third-order valence-corrected chi connectivity index (χ3v) is 5.31. The van der Waals surface area contributed by atoms with E-state index in [4.69, 9.17) is 0 Å². The van der Waals surface area contributed by atoms with Crippen molar-refractivity contribution in [1.29, 1.82) is 0 Å². The summed E-state index contributed by atoms with van der Waals surface area (Å²) in [5, 5.41) is 13.4. The van der Waals surface area contributed by atoms with Gasteiger partial charge in [0.25, 0.3) is 0 Å². The lowest BCUT2D eigenvalue weighted by Crippen LogP contribution is -2.09. The lowest BCUT2D eigenvalue weighted by atomic mass is 9.81. The van der Waals surface area contributed by atoms with Crippen molar-refractivity contribution in [1.82, 2.24) is 24.8 Å². The van der Waals surface area contributed by atoms with E-state index in [9.17, 15) is 0 Å². The molecule has 0 amide bonds. The number of H-pyrrole nitrogens is 1. The van der Waals surface area contributed by atoms with E-state index < -0.39 is 0 Å². The Bertz CT molecular complexity index is 1070. The van der Waals surface area contributed by atoms with Crippen molar-refractivity contribution < 1.29 is 0 Å². The summed E-state index contributed by atoms with van der Waals surface area (Å²) in [6, 6.07) is 6.65. The van der Waals surface area contributed by atoms with Crippen LogP contribution in [0.1, 0.15) is 42.0 Å². The number of aromatic amines is 1. The summed E-state index contributed by atoms with van der Waals surface area (Å²) < 4.78 is 1.85. The molecule has 0 atom stereocenters. The maximum Gasteiger partial charge on any atom is 0.158 e. The molecule has 1 fully saturated rings. The molecule has 0 radical (unpaired) electrons. The summed E-state index contributed by atoms with van der Waals surface area (Å²) in [5.41, 5.74) is 8.02. The van der Waals surface area contributed by atoms with Crippen LogP contribution in [0.2, 0.25) is 0 Å². The zero-order valence-corrected chi connectivity index (χ0v) is 13.9. The minimum Gasteiger partial charge on any atom is -0.281 e. The molecule has 5 rings (SSSR count). The predicted octanol–water partition coefficient (Wildman–Crippen LogP) is 4.16. The predicted molar refractivity (Wildman–Crippen MR) is 94.1 cm³/mol. The van der Waals surface area contributed by atoms with Gasteiger partial charge in [-0.25, -0.2) is 9.50 Å². The van der Waals surface area contributed by atoms with Crippen LogP contribution in [-0.2, 0) is 0 Å². The Kier molecular flexibility index (Phi) is 2.80. The number of nitrogens with zero attached hydrogens (tertiary/aromatic N) is 4. The number of hydrogen-bond donors (Lipinski definition) is 1. The summed E-state index contributed by atoms with van der Waals surface area (Å²) in [7, 11) is 0. The normalized spacial score (nSPS) is 15.2. The average molecular weight is 317 g/mol. The van der Waals surface area contributed by atoms with E-state index in [-0.39, 0.29) is 0 Å². The molecule has 0 aliphatic heterocycles. The molecule has 0 bridgehead atoms. The Labute approximate surface area is 139 Å². The van der Waals surface area contributed by atoms with Gasteiger partial charge in [0.2, 0.25) is 0 Å². The number of fused-ring (bicyclic) bond motifs is 2. The van der Waals surface area contributed by atoms with Crippen LogP contribution in [0, 0.1) is 13.8 Å². The van der Waals surface area contributed by atoms with Crippen molar-refractivity contribution in [2.75, 3.05) is 0 Å². The Balaban J connectivity index is 1.69.